The van der Waals surface area contributed by atoms with Gasteiger partial charge in [0.2, 0.25) is 0 Å². The molecule has 1 saturated heterocycles. The van der Waals surface area contributed by atoms with Crippen LogP contribution in [0.25, 0.3) is 6.08 Å². The topological polar surface area (TPSA) is 79.2 Å². The summed E-state index contributed by atoms with van der Waals surface area (Å²) in [6, 6.07) is 15.0. The number of amidine groups is 1. The highest BCUT2D eigenvalue weighted by Gasteiger charge is 2.39. The lowest BCUT2D eigenvalue weighted by molar-refractivity contribution is -0.124. The van der Waals surface area contributed by atoms with Crippen molar-refractivity contribution in [1.82, 2.24) is 4.90 Å². The van der Waals surface area contributed by atoms with Gasteiger partial charge in [0.25, 0.3) is 5.91 Å². The second-order valence-corrected chi connectivity index (χ2v) is 11.2. The molecule has 7 heteroatoms. The lowest BCUT2D eigenvalue weighted by Crippen LogP contribution is -2.41. The summed E-state index contributed by atoms with van der Waals surface area (Å²) in [6.45, 7) is 0.285. The number of hydrogen-bond donors (Lipinski definition) is 1. The quantitative estimate of drug-likeness (QED) is 0.403. The predicted octanol–water partition coefficient (Wildman–Crippen LogP) is 6.90. The number of rotatable bonds is 7. The molecule has 0 unspecified atom stereocenters. The molecule has 37 heavy (non-hydrogen) atoms. The molecule has 1 amide bonds. The van der Waals surface area contributed by atoms with Crippen molar-refractivity contribution >= 4 is 34.9 Å². The monoisotopic (exact) mass is 518 g/mol. The third-order valence-electron chi connectivity index (χ3n) is 7.40. The SMILES string of the molecule is O=C(O)c1cccc(COc2ccc(C=C3SC(=NC4CCCCC4)N(C4CCCCC4)C3=O)cc2)c1. The van der Waals surface area contributed by atoms with E-state index in [2.05, 4.69) is 0 Å². The molecule has 0 spiro atoms. The molecule has 3 fully saturated rings. The summed E-state index contributed by atoms with van der Waals surface area (Å²) < 4.78 is 5.86. The van der Waals surface area contributed by atoms with Crippen molar-refractivity contribution < 1.29 is 19.4 Å². The standard InChI is InChI=1S/C30H34N2O4S/c33-28-27(37-30(31-24-10-3-1-4-11-24)32(28)25-12-5-2-6-13-25)19-21-14-16-26(17-15-21)36-20-22-8-7-9-23(18-22)29(34)35/h7-9,14-19,24-25H,1-6,10-13,20H2,(H,34,35). The Morgan fingerprint density at radius 3 is 2.41 bits per heavy atom. The van der Waals surface area contributed by atoms with Gasteiger partial charge in [-0.05, 0) is 78.9 Å². The van der Waals surface area contributed by atoms with Crippen LogP contribution in [-0.2, 0) is 11.4 Å². The molecular formula is C30H34N2O4S. The van der Waals surface area contributed by atoms with Crippen LogP contribution in [0.5, 0.6) is 5.75 Å². The van der Waals surface area contributed by atoms with Gasteiger partial charge in [-0.2, -0.15) is 0 Å². The summed E-state index contributed by atoms with van der Waals surface area (Å²) in [6.07, 6.45) is 13.7. The Hall–Kier alpha value is -3.06. The number of carbonyl (C=O) groups is 2. The van der Waals surface area contributed by atoms with Crippen molar-refractivity contribution in [3.63, 3.8) is 0 Å². The van der Waals surface area contributed by atoms with Crippen molar-refractivity contribution in [3.05, 3.63) is 70.1 Å². The first-order chi connectivity index (χ1) is 18.1. The van der Waals surface area contributed by atoms with E-state index in [1.807, 2.05) is 41.3 Å². The summed E-state index contributed by atoms with van der Waals surface area (Å²) in [7, 11) is 0. The molecule has 1 N–H and O–H groups in total. The van der Waals surface area contributed by atoms with Crippen molar-refractivity contribution in [2.75, 3.05) is 0 Å². The molecule has 2 saturated carbocycles. The van der Waals surface area contributed by atoms with Gasteiger partial charge in [0, 0.05) is 6.04 Å². The Labute approximate surface area is 222 Å². The molecule has 194 valence electrons. The highest BCUT2D eigenvalue weighted by atomic mass is 32.2. The fourth-order valence-corrected chi connectivity index (χ4v) is 6.49. The highest BCUT2D eigenvalue weighted by Crippen LogP contribution is 2.38. The van der Waals surface area contributed by atoms with E-state index in [1.165, 1.54) is 50.3 Å². The molecule has 2 aliphatic carbocycles. The maximum absolute atomic E-state index is 13.6. The number of nitrogens with zero attached hydrogens (tertiary/aromatic N) is 2. The summed E-state index contributed by atoms with van der Waals surface area (Å²) >= 11 is 1.53. The van der Waals surface area contributed by atoms with Crippen LogP contribution in [0.1, 0.15) is 85.7 Å². The maximum Gasteiger partial charge on any atom is 0.335 e. The zero-order chi connectivity index (χ0) is 25.6. The maximum atomic E-state index is 13.6. The Bertz CT molecular complexity index is 1180. The van der Waals surface area contributed by atoms with Crippen molar-refractivity contribution in [2.24, 2.45) is 4.99 Å². The van der Waals surface area contributed by atoms with E-state index in [4.69, 9.17) is 14.8 Å². The lowest BCUT2D eigenvalue weighted by atomic mass is 9.94. The third kappa shape index (κ3) is 6.45. The first-order valence-corrected chi connectivity index (χ1v) is 14.2. The summed E-state index contributed by atoms with van der Waals surface area (Å²) in [4.78, 5) is 32.6. The van der Waals surface area contributed by atoms with Crippen LogP contribution in [0.4, 0.5) is 0 Å². The molecule has 1 heterocycles. The fraction of sp³-hybridized carbons (Fsp3) is 0.433. The van der Waals surface area contributed by atoms with Gasteiger partial charge in [0.1, 0.15) is 12.4 Å². The minimum atomic E-state index is -0.951. The number of aliphatic imine (C=N–C) groups is 1. The minimum absolute atomic E-state index is 0.0881. The summed E-state index contributed by atoms with van der Waals surface area (Å²) in [5, 5.41) is 10.1. The molecule has 2 aromatic rings. The number of hydrogen-bond acceptors (Lipinski definition) is 5. The second-order valence-electron chi connectivity index (χ2n) is 10.1. The van der Waals surface area contributed by atoms with Gasteiger partial charge in [0.05, 0.1) is 16.5 Å². The van der Waals surface area contributed by atoms with Crippen LogP contribution in [0.15, 0.2) is 58.4 Å². The molecule has 5 rings (SSSR count). The van der Waals surface area contributed by atoms with E-state index in [-0.39, 0.29) is 24.1 Å². The summed E-state index contributed by atoms with van der Waals surface area (Å²) in [5.74, 6) is -0.172. The Morgan fingerprint density at radius 1 is 1.00 bits per heavy atom. The third-order valence-corrected chi connectivity index (χ3v) is 8.40. The zero-order valence-electron chi connectivity index (χ0n) is 21.1. The molecule has 1 aliphatic heterocycles. The van der Waals surface area contributed by atoms with E-state index in [0.29, 0.717) is 11.8 Å². The number of carbonyl (C=O) groups excluding carboxylic acids is 1. The average molecular weight is 519 g/mol. The van der Waals surface area contributed by atoms with E-state index >= 15 is 0 Å². The highest BCUT2D eigenvalue weighted by molar-refractivity contribution is 8.18. The number of ether oxygens (including phenoxy) is 1. The van der Waals surface area contributed by atoms with E-state index < -0.39 is 5.97 Å². The smallest absolute Gasteiger partial charge is 0.335 e. The van der Waals surface area contributed by atoms with Crippen LogP contribution in [0, 0.1) is 0 Å². The molecule has 3 aliphatic rings. The van der Waals surface area contributed by atoms with Crippen LogP contribution in [-0.4, -0.2) is 39.1 Å². The van der Waals surface area contributed by atoms with E-state index in [9.17, 15) is 9.59 Å². The van der Waals surface area contributed by atoms with Gasteiger partial charge >= 0.3 is 5.97 Å². The Morgan fingerprint density at radius 2 is 1.70 bits per heavy atom. The van der Waals surface area contributed by atoms with E-state index in [0.717, 1.165) is 46.9 Å². The molecular weight excluding hydrogens is 484 g/mol. The van der Waals surface area contributed by atoms with Gasteiger partial charge in [0.15, 0.2) is 5.17 Å². The Kier molecular flexibility index (Phi) is 8.29. The number of thioether (sulfide) groups is 1. The van der Waals surface area contributed by atoms with Crippen LogP contribution < -0.4 is 4.74 Å². The number of benzene rings is 2. The van der Waals surface area contributed by atoms with Gasteiger partial charge in [-0.15, -0.1) is 0 Å². The average Bonchev–Trinajstić information content (AvgIpc) is 3.23. The number of amides is 1. The first-order valence-electron chi connectivity index (χ1n) is 13.4. The minimum Gasteiger partial charge on any atom is -0.489 e. The van der Waals surface area contributed by atoms with Crippen LogP contribution >= 0.6 is 11.8 Å². The van der Waals surface area contributed by atoms with E-state index in [1.54, 1.807) is 18.2 Å². The molecule has 0 atom stereocenters. The normalized spacial score (nSPS) is 21.6. The van der Waals surface area contributed by atoms with Gasteiger partial charge < -0.3 is 9.84 Å². The molecule has 0 radical (unpaired) electrons. The zero-order valence-corrected chi connectivity index (χ0v) is 21.9. The first kappa shape index (κ1) is 25.6. The Balaban J connectivity index is 1.29. The molecule has 0 bridgehead atoms. The van der Waals surface area contributed by atoms with Crippen molar-refractivity contribution in [3.8, 4) is 5.75 Å². The second kappa shape index (κ2) is 12.0. The van der Waals surface area contributed by atoms with Crippen LogP contribution in [0.3, 0.4) is 0 Å². The number of carboxylic acid groups (broad SMARTS) is 1. The molecule has 2 aromatic carbocycles. The van der Waals surface area contributed by atoms with Gasteiger partial charge in [-0.3, -0.25) is 14.7 Å². The van der Waals surface area contributed by atoms with Crippen LogP contribution in [0.2, 0.25) is 0 Å². The number of carboxylic acids is 1. The molecule has 6 nitrogen and oxygen atoms in total. The van der Waals surface area contributed by atoms with Crippen molar-refractivity contribution in [2.45, 2.75) is 82.9 Å². The van der Waals surface area contributed by atoms with Crippen molar-refractivity contribution in [1.29, 1.82) is 0 Å². The van der Waals surface area contributed by atoms with Gasteiger partial charge in [-0.25, -0.2) is 4.79 Å². The largest absolute Gasteiger partial charge is 0.489 e. The van der Waals surface area contributed by atoms with Gasteiger partial charge in [-0.1, -0.05) is 62.8 Å². The molecule has 0 aromatic heterocycles. The lowest BCUT2D eigenvalue weighted by Gasteiger charge is -2.31. The number of aromatic carboxylic acids is 1. The fourth-order valence-electron chi connectivity index (χ4n) is 5.38. The summed E-state index contributed by atoms with van der Waals surface area (Å²) in [5.41, 5.74) is 1.99. The predicted molar refractivity (Wildman–Crippen MR) is 148 cm³/mol.